The van der Waals surface area contributed by atoms with Crippen LogP contribution >= 0.6 is 11.3 Å². The fourth-order valence-corrected chi connectivity index (χ4v) is 8.14. The van der Waals surface area contributed by atoms with E-state index in [0.717, 1.165) is 24.3 Å². The van der Waals surface area contributed by atoms with E-state index in [-0.39, 0.29) is 46.9 Å². The molecule has 11 heteroatoms. The van der Waals surface area contributed by atoms with Gasteiger partial charge >= 0.3 is 0 Å². The van der Waals surface area contributed by atoms with Gasteiger partial charge in [-0.3, -0.25) is 19.2 Å². The van der Waals surface area contributed by atoms with Crippen LogP contribution in [0, 0.1) is 28.6 Å². The number of nitrogens with one attached hydrogen (secondary N) is 2. The summed E-state index contributed by atoms with van der Waals surface area (Å²) in [5.74, 6) is -0.668. The van der Waals surface area contributed by atoms with E-state index in [4.69, 9.17) is 4.74 Å². The van der Waals surface area contributed by atoms with Crippen molar-refractivity contribution in [2.75, 3.05) is 39.8 Å². The number of thiazole rings is 1. The molecule has 2 aliphatic carbocycles. The number of ether oxygens (including phenoxy) is 1. The Hall–Kier alpha value is -2.53. The molecule has 3 heterocycles. The SMILES string of the molecule is CNC(=O)[C@@H](NC(=O)[C@H]1CN(C(=O)c2cnc(C(C)(C)C)s2)CC12CN(C(=O)[C@H]1CC1(C)C)C2)[C@@H](C)OCC1CCCCC1. The zero-order valence-corrected chi connectivity index (χ0v) is 28.3. The highest BCUT2D eigenvalue weighted by molar-refractivity contribution is 7.13. The Morgan fingerprint density at radius 2 is 1.70 bits per heavy atom. The number of carbonyl (C=O) groups is 4. The van der Waals surface area contributed by atoms with E-state index in [1.165, 1.54) is 30.6 Å². The first-order valence-corrected chi connectivity index (χ1v) is 17.1. The van der Waals surface area contributed by atoms with Crippen LogP contribution in [0.1, 0.15) is 94.7 Å². The van der Waals surface area contributed by atoms with Gasteiger partial charge in [-0.05, 0) is 37.5 Å². The van der Waals surface area contributed by atoms with Crippen molar-refractivity contribution in [3.05, 3.63) is 16.1 Å². The highest BCUT2D eigenvalue weighted by Gasteiger charge is 2.62. The van der Waals surface area contributed by atoms with Crippen LogP contribution in [0.2, 0.25) is 0 Å². The van der Waals surface area contributed by atoms with Crippen molar-refractivity contribution >= 4 is 35.0 Å². The van der Waals surface area contributed by atoms with Crippen LogP contribution in [-0.2, 0) is 24.5 Å². The summed E-state index contributed by atoms with van der Waals surface area (Å²) in [5.41, 5.74) is -0.723. The fraction of sp³-hybridized carbons (Fsp3) is 0.788. The van der Waals surface area contributed by atoms with Crippen LogP contribution in [0.25, 0.3) is 0 Å². The lowest BCUT2D eigenvalue weighted by molar-refractivity contribution is -0.152. The summed E-state index contributed by atoms with van der Waals surface area (Å²) < 4.78 is 6.17. The van der Waals surface area contributed by atoms with Gasteiger partial charge in [-0.2, -0.15) is 0 Å². The first-order valence-electron chi connectivity index (χ1n) is 16.3. The van der Waals surface area contributed by atoms with E-state index in [1.54, 1.807) is 18.1 Å². The minimum atomic E-state index is -0.862. The molecule has 244 valence electrons. The molecule has 2 N–H and O–H groups in total. The van der Waals surface area contributed by atoms with Crippen LogP contribution in [0.15, 0.2) is 6.20 Å². The zero-order chi connectivity index (χ0) is 32.0. The molecule has 0 aromatic carbocycles. The summed E-state index contributed by atoms with van der Waals surface area (Å²) in [5, 5.41) is 6.57. The standard InChI is InChI=1S/C33H51N5O5S/c1-20(43-16-21-11-9-8-10-12-21)25(27(40)34-7)36-26(39)23-15-37(29(42)24-14-35-30(44-24)31(2,3)4)17-33(23)18-38(19-33)28(41)22-13-32(22,5)6/h14,20-23,25H,8-13,15-19H2,1-7H3,(H,34,40)(H,36,39)/t20-,22-,23-,25+/m1/s1. The van der Waals surface area contributed by atoms with E-state index >= 15 is 0 Å². The molecule has 4 aliphatic rings. The monoisotopic (exact) mass is 629 g/mol. The molecule has 2 saturated heterocycles. The number of nitrogens with zero attached hydrogens (tertiary/aromatic N) is 3. The number of aromatic nitrogens is 1. The molecule has 1 aromatic heterocycles. The minimum absolute atomic E-state index is 0.0130. The zero-order valence-electron chi connectivity index (χ0n) is 27.5. The van der Waals surface area contributed by atoms with Gasteiger partial charge in [0.15, 0.2) is 0 Å². The normalized spacial score (nSPS) is 25.7. The predicted octanol–water partition coefficient (Wildman–Crippen LogP) is 3.60. The molecular weight excluding hydrogens is 578 g/mol. The molecule has 0 radical (unpaired) electrons. The average Bonchev–Trinajstić information content (AvgIpc) is 3.31. The molecule has 5 rings (SSSR count). The van der Waals surface area contributed by atoms with Gasteiger partial charge in [-0.15, -0.1) is 11.3 Å². The summed E-state index contributed by atoms with van der Waals surface area (Å²) in [6, 6.07) is -0.862. The molecule has 4 amide bonds. The second-order valence-electron chi connectivity index (χ2n) is 15.5. The van der Waals surface area contributed by atoms with Gasteiger partial charge in [0, 0.05) is 56.6 Å². The van der Waals surface area contributed by atoms with Gasteiger partial charge in [0.25, 0.3) is 5.91 Å². The number of carbonyl (C=O) groups excluding carboxylic acids is 4. The van der Waals surface area contributed by atoms with E-state index in [9.17, 15) is 19.2 Å². The maximum atomic E-state index is 14.1. The van der Waals surface area contributed by atoms with Crippen LogP contribution in [0.3, 0.4) is 0 Å². The lowest BCUT2D eigenvalue weighted by atomic mass is 9.70. The summed E-state index contributed by atoms with van der Waals surface area (Å²) in [4.78, 5) is 62.6. The first-order chi connectivity index (χ1) is 20.6. The Morgan fingerprint density at radius 1 is 1.07 bits per heavy atom. The third-order valence-electron chi connectivity index (χ3n) is 10.4. The maximum absolute atomic E-state index is 14.1. The predicted molar refractivity (Wildman–Crippen MR) is 169 cm³/mol. The lowest BCUT2D eigenvalue weighted by Crippen LogP contribution is -2.65. The molecule has 44 heavy (non-hydrogen) atoms. The number of hydrogen-bond acceptors (Lipinski definition) is 7. The van der Waals surface area contributed by atoms with Gasteiger partial charge in [0.2, 0.25) is 17.7 Å². The van der Waals surface area contributed by atoms with E-state index in [2.05, 4.69) is 50.2 Å². The van der Waals surface area contributed by atoms with Gasteiger partial charge in [0.05, 0.1) is 23.2 Å². The van der Waals surface area contributed by atoms with Crippen molar-refractivity contribution < 1.29 is 23.9 Å². The van der Waals surface area contributed by atoms with Gasteiger partial charge in [0.1, 0.15) is 10.9 Å². The summed E-state index contributed by atoms with van der Waals surface area (Å²) in [6.45, 7) is 14.3. The van der Waals surface area contributed by atoms with Crippen LogP contribution in [-0.4, -0.2) is 90.4 Å². The Bertz CT molecular complexity index is 1260. The molecule has 1 spiro atoms. The molecule has 10 nitrogen and oxygen atoms in total. The molecular formula is C33H51N5O5S. The van der Waals surface area contributed by atoms with Crippen molar-refractivity contribution in [2.24, 2.45) is 28.6 Å². The highest BCUT2D eigenvalue weighted by Crippen LogP contribution is 2.54. The van der Waals surface area contributed by atoms with Crippen molar-refractivity contribution in [1.29, 1.82) is 0 Å². The van der Waals surface area contributed by atoms with Crippen molar-refractivity contribution in [3.63, 3.8) is 0 Å². The Balaban J connectivity index is 1.31. The lowest BCUT2D eigenvalue weighted by Gasteiger charge is -2.50. The second-order valence-corrected chi connectivity index (χ2v) is 16.5. The van der Waals surface area contributed by atoms with Gasteiger partial charge in [-0.25, -0.2) is 4.98 Å². The second kappa shape index (κ2) is 12.3. The van der Waals surface area contributed by atoms with Crippen molar-refractivity contribution in [1.82, 2.24) is 25.4 Å². The van der Waals surface area contributed by atoms with Crippen LogP contribution in [0.4, 0.5) is 0 Å². The largest absolute Gasteiger partial charge is 0.376 e. The number of hydrogen-bond donors (Lipinski definition) is 2. The molecule has 0 bridgehead atoms. The van der Waals surface area contributed by atoms with Crippen molar-refractivity contribution in [3.8, 4) is 0 Å². The number of amides is 4. The smallest absolute Gasteiger partial charge is 0.265 e. The summed E-state index contributed by atoms with van der Waals surface area (Å²) >= 11 is 1.39. The maximum Gasteiger partial charge on any atom is 0.265 e. The third kappa shape index (κ3) is 6.69. The third-order valence-corrected chi connectivity index (χ3v) is 11.8. The fourth-order valence-electron chi connectivity index (χ4n) is 7.20. The number of likely N-dealkylation sites (tertiary alicyclic amines) is 2. The quantitative estimate of drug-likeness (QED) is 0.431. The van der Waals surface area contributed by atoms with E-state index in [1.807, 2.05) is 11.8 Å². The molecule has 0 unspecified atom stereocenters. The van der Waals surface area contributed by atoms with E-state index in [0.29, 0.717) is 37.0 Å². The van der Waals surface area contributed by atoms with Gasteiger partial charge < -0.3 is 25.2 Å². The summed E-state index contributed by atoms with van der Waals surface area (Å²) in [7, 11) is 1.56. The van der Waals surface area contributed by atoms with Gasteiger partial charge in [-0.1, -0.05) is 53.9 Å². The highest BCUT2D eigenvalue weighted by atomic mass is 32.1. The topological polar surface area (TPSA) is 121 Å². The first kappa shape index (κ1) is 32.9. The Kier molecular flexibility index (Phi) is 9.22. The Labute approximate surface area is 266 Å². The molecule has 1 aromatic rings. The molecule has 2 aliphatic heterocycles. The average molecular weight is 630 g/mol. The van der Waals surface area contributed by atoms with Crippen LogP contribution < -0.4 is 10.6 Å². The number of likely N-dealkylation sites (N-methyl/N-ethyl adjacent to an activating group) is 1. The summed E-state index contributed by atoms with van der Waals surface area (Å²) in [6.07, 6.45) is 7.91. The van der Waals surface area contributed by atoms with Crippen molar-refractivity contribution in [2.45, 2.75) is 97.6 Å². The minimum Gasteiger partial charge on any atom is -0.376 e. The molecule has 4 atom stereocenters. The molecule has 2 saturated carbocycles. The Morgan fingerprint density at radius 3 is 2.27 bits per heavy atom. The van der Waals surface area contributed by atoms with Crippen LogP contribution in [0.5, 0.6) is 0 Å². The number of rotatable bonds is 9. The molecule has 4 fully saturated rings. The van der Waals surface area contributed by atoms with E-state index < -0.39 is 23.5 Å².